The predicted octanol–water partition coefficient (Wildman–Crippen LogP) is 2.60. The third-order valence-electron chi connectivity index (χ3n) is 2.36. The molecule has 0 radical (unpaired) electrons. The molecule has 0 bridgehead atoms. The first-order valence-corrected chi connectivity index (χ1v) is 4.27. The molecular weight excluding hydrogens is 134 g/mol. The van der Waals surface area contributed by atoms with Crippen molar-refractivity contribution in [1.82, 2.24) is 0 Å². The fraction of sp³-hybridized carbons (Fsp3) is 0.600. The third kappa shape index (κ3) is 1.86. The summed E-state index contributed by atoms with van der Waals surface area (Å²) in [4.78, 5) is 0. The highest BCUT2D eigenvalue weighted by molar-refractivity contribution is 5.30. The Morgan fingerprint density at radius 1 is 1.36 bits per heavy atom. The molecule has 0 saturated carbocycles. The molecule has 0 aromatic heterocycles. The number of nitrogens with two attached hydrogens (primary N) is 1. The van der Waals surface area contributed by atoms with Gasteiger partial charge >= 0.3 is 0 Å². The number of allylic oxidation sites excluding steroid dienone is 3. The highest BCUT2D eigenvalue weighted by Gasteiger charge is 2.09. The van der Waals surface area contributed by atoms with Crippen LogP contribution in [0.2, 0.25) is 0 Å². The van der Waals surface area contributed by atoms with Gasteiger partial charge in [0, 0.05) is 5.70 Å². The van der Waals surface area contributed by atoms with Crippen molar-refractivity contribution in [3.05, 3.63) is 22.9 Å². The SMILES string of the molecule is CC1=C(N)C=C(C(C)C)CC1. The lowest BCUT2D eigenvalue weighted by Gasteiger charge is -2.17. The summed E-state index contributed by atoms with van der Waals surface area (Å²) in [5, 5.41) is 0. The molecule has 1 aliphatic rings. The van der Waals surface area contributed by atoms with Crippen molar-refractivity contribution < 1.29 is 0 Å². The van der Waals surface area contributed by atoms with Gasteiger partial charge in [-0.3, -0.25) is 0 Å². The highest BCUT2D eigenvalue weighted by Crippen LogP contribution is 2.25. The van der Waals surface area contributed by atoms with E-state index in [9.17, 15) is 0 Å². The fourth-order valence-electron chi connectivity index (χ4n) is 1.33. The lowest BCUT2D eigenvalue weighted by Crippen LogP contribution is -2.07. The molecule has 0 unspecified atom stereocenters. The van der Waals surface area contributed by atoms with E-state index < -0.39 is 0 Å². The monoisotopic (exact) mass is 151 g/mol. The molecule has 62 valence electrons. The summed E-state index contributed by atoms with van der Waals surface area (Å²) in [5.41, 5.74) is 9.63. The van der Waals surface area contributed by atoms with E-state index in [1.54, 1.807) is 0 Å². The normalized spacial score (nSPS) is 19.1. The second-order valence-electron chi connectivity index (χ2n) is 3.61. The largest absolute Gasteiger partial charge is 0.399 e. The zero-order valence-corrected chi connectivity index (χ0v) is 7.65. The van der Waals surface area contributed by atoms with E-state index in [4.69, 9.17) is 5.73 Å². The van der Waals surface area contributed by atoms with Crippen molar-refractivity contribution in [2.75, 3.05) is 0 Å². The minimum Gasteiger partial charge on any atom is -0.399 e. The maximum Gasteiger partial charge on any atom is 0.0302 e. The standard InChI is InChI=1S/C10H17N/c1-7(2)9-5-4-8(3)10(11)6-9/h6-7H,4-5,11H2,1-3H3. The van der Waals surface area contributed by atoms with Gasteiger partial charge in [0.2, 0.25) is 0 Å². The van der Waals surface area contributed by atoms with Gasteiger partial charge in [0.1, 0.15) is 0 Å². The van der Waals surface area contributed by atoms with Crippen molar-refractivity contribution in [3.63, 3.8) is 0 Å². The Kier molecular flexibility index (Phi) is 2.38. The Bertz CT molecular complexity index is 209. The third-order valence-corrected chi connectivity index (χ3v) is 2.36. The Balaban J connectivity index is 2.81. The van der Waals surface area contributed by atoms with Crippen LogP contribution in [0.1, 0.15) is 33.6 Å². The Morgan fingerprint density at radius 3 is 2.45 bits per heavy atom. The maximum absolute atomic E-state index is 5.81. The summed E-state index contributed by atoms with van der Waals surface area (Å²) < 4.78 is 0. The lowest BCUT2D eigenvalue weighted by atomic mass is 9.90. The number of hydrogen-bond acceptors (Lipinski definition) is 1. The lowest BCUT2D eigenvalue weighted by molar-refractivity contribution is 0.694. The molecule has 1 rings (SSSR count). The van der Waals surface area contributed by atoms with Crippen LogP contribution < -0.4 is 5.73 Å². The summed E-state index contributed by atoms with van der Waals surface area (Å²) >= 11 is 0. The topological polar surface area (TPSA) is 26.0 Å². The Morgan fingerprint density at radius 2 is 2.00 bits per heavy atom. The van der Waals surface area contributed by atoms with Crippen LogP contribution in [-0.2, 0) is 0 Å². The highest BCUT2D eigenvalue weighted by atomic mass is 14.6. The first kappa shape index (κ1) is 8.38. The molecule has 1 heteroatoms. The minimum atomic E-state index is 0.654. The Hall–Kier alpha value is -0.720. The van der Waals surface area contributed by atoms with E-state index in [0.29, 0.717) is 5.92 Å². The first-order valence-electron chi connectivity index (χ1n) is 4.27. The van der Waals surface area contributed by atoms with Crippen LogP contribution in [-0.4, -0.2) is 0 Å². The van der Waals surface area contributed by atoms with Crippen LogP contribution in [0.5, 0.6) is 0 Å². The molecular formula is C10H17N. The molecule has 1 aliphatic carbocycles. The van der Waals surface area contributed by atoms with Crippen LogP contribution in [0.4, 0.5) is 0 Å². The molecule has 0 fully saturated rings. The van der Waals surface area contributed by atoms with Crippen molar-refractivity contribution in [3.8, 4) is 0 Å². The zero-order valence-electron chi connectivity index (χ0n) is 7.65. The summed E-state index contributed by atoms with van der Waals surface area (Å²) in [6.45, 7) is 6.56. The second-order valence-corrected chi connectivity index (χ2v) is 3.61. The summed E-state index contributed by atoms with van der Waals surface area (Å²) in [5.74, 6) is 0.654. The van der Waals surface area contributed by atoms with Gasteiger partial charge in [0.15, 0.2) is 0 Å². The van der Waals surface area contributed by atoms with Crippen LogP contribution in [0, 0.1) is 5.92 Å². The average molecular weight is 151 g/mol. The molecule has 11 heavy (non-hydrogen) atoms. The Labute approximate surface area is 69.0 Å². The summed E-state index contributed by atoms with van der Waals surface area (Å²) in [7, 11) is 0. The maximum atomic E-state index is 5.81. The van der Waals surface area contributed by atoms with E-state index in [1.165, 1.54) is 17.6 Å². The average Bonchev–Trinajstić information content (AvgIpc) is 1.94. The summed E-state index contributed by atoms with van der Waals surface area (Å²) in [6, 6.07) is 0. The molecule has 0 saturated heterocycles. The molecule has 0 aliphatic heterocycles. The van der Waals surface area contributed by atoms with E-state index in [0.717, 1.165) is 12.1 Å². The predicted molar refractivity (Wildman–Crippen MR) is 49.0 cm³/mol. The van der Waals surface area contributed by atoms with E-state index in [1.807, 2.05) is 0 Å². The van der Waals surface area contributed by atoms with Crippen molar-refractivity contribution >= 4 is 0 Å². The van der Waals surface area contributed by atoms with Gasteiger partial charge in [0.25, 0.3) is 0 Å². The molecule has 1 nitrogen and oxygen atoms in total. The van der Waals surface area contributed by atoms with Crippen LogP contribution in [0.3, 0.4) is 0 Å². The van der Waals surface area contributed by atoms with Gasteiger partial charge in [0.05, 0.1) is 0 Å². The molecule has 0 aromatic carbocycles. The van der Waals surface area contributed by atoms with Crippen LogP contribution in [0.25, 0.3) is 0 Å². The van der Waals surface area contributed by atoms with Crippen LogP contribution in [0.15, 0.2) is 22.9 Å². The van der Waals surface area contributed by atoms with Crippen molar-refractivity contribution in [1.29, 1.82) is 0 Å². The molecule has 2 N–H and O–H groups in total. The number of hydrogen-bond donors (Lipinski definition) is 1. The van der Waals surface area contributed by atoms with Gasteiger partial charge in [-0.2, -0.15) is 0 Å². The van der Waals surface area contributed by atoms with Gasteiger partial charge < -0.3 is 5.73 Å². The van der Waals surface area contributed by atoms with Gasteiger partial charge in [-0.25, -0.2) is 0 Å². The van der Waals surface area contributed by atoms with Crippen molar-refractivity contribution in [2.24, 2.45) is 11.7 Å². The quantitative estimate of drug-likeness (QED) is 0.612. The molecule has 0 atom stereocenters. The molecule has 0 aromatic rings. The van der Waals surface area contributed by atoms with E-state index in [-0.39, 0.29) is 0 Å². The van der Waals surface area contributed by atoms with Gasteiger partial charge in [-0.15, -0.1) is 0 Å². The second kappa shape index (κ2) is 3.12. The van der Waals surface area contributed by atoms with E-state index in [2.05, 4.69) is 26.8 Å². The van der Waals surface area contributed by atoms with Crippen LogP contribution >= 0.6 is 0 Å². The first-order chi connectivity index (χ1) is 5.11. The fourth-order valence-corrected chi connectivity index (χ4v) is 1.33. The van der Waals surface area contributed by atoms with Gasteiger partial charge in [-0.05, 0) is 31.8 Å². The zero-order chi connectivity index (χ0) is 8.43. The molecule has 0 amide bonds. The van der Waals surface area contributed by atoms with Crippen molar-refractivity contribution in [2.45, 2.75) is 33.6 Å². The van der Waals surface area contributed by atoms with E-state index >= 15 is 0 Å². The smallest absolute Gasteiger partial charge is 0.0302 e. The van der Waals surface area contributed by atoms with Gasteiger partial charge in [-0.1, -0.05) is 25.0 Å². The molecule has 0 heterocycles. The number of rotatable bonds is 1. The molecule has 0 spiro atoms. The summed E-state index contributed by atoms with van der Waals surface area (Å²) in [6.07, 6.45) is 4.49. The minimum absolute atomic E-state index is 0.654.